The van der Waals surface area contributed by atoms with Crippen molar-refractivity contribution in [3.05, 3.63) is 11.6 Å². The summed E-state index contributed by atoms with van der Waals surface area (Å²) < 4.78 is 2.18. The number of rotatable bonds is 9. The van der Waals surface area contributed by atoms with Crippen LogP contribution in [0, 0.1) is 11.8 Å². The maximum atomic E-state index is 9.24. The zero-order valence-corrected chi connectivity index (χ0v) is 15.3. The molecule has 1 aromatic heterocycles. The van der Waals surface area contributed by atoms with E-state index in [0.717, 1.165) is 62.9 Å². The van der Waals surface area contributed by atoms with Crippen molar-refractivity contribution < 1.29 is 5.11 Å². The molecule has 24 heavy (non-hydrogen) atoms. The Hall–Kier alpha value is -1.63. The highest BCUT2D eigenvalue weighted by atomic mass is 16.3. The van der Waals surface area contributed by atoms with Gasteiger partial charge >= 0.3 is 0 Å². The van der Waals surface area contributed by atoms with Gasteiger partial charge < -0.3 is 20.3 Å². The normalized spacial score (nSPS) is 15.6. The molecule has 1 atom stereocenters. The second-order valence-electron chi connectivity index (χ2n) is 6.87. The van der Waals surface area contributed by atoms with E-state index in [1.807, 2.05) is 0 Å². The van der Waals surface area contributed by atoms with E-state index < -0.39 is 0 Å². The quantitative estimate of drug-likeness (QED) is 0.468. The summed E-state index contributed by atoms with van der Waals surface area (Å²) >= 11 is 0. The van der Waals surface area contributed by atoms with Gasteiger partial charge in [0, 0.05) is 32.7 Å². The molecule has 0 saturated carbocycles. The van der Waals surface area contributed by atoms with Gasteiger partial charge in [-0.25, -0.2) is 4.99 Å². The molecule has 0 aromatic carbocycles. The minimum absolute atomic E-state index is 0.235. The van der Waals surface area contributed by atoms with Crippen LogP contribution in [0.15, 0.2) is 4.99 Å². The van der Waals surface area contributed by atoms with Crippen molar-refractivity contribution in [3.63, 3.8) is 0 Å². The first-order valence-electron chi connectivity index (χ1n) is 9.18. The van der Waals surface area contributed by atoms with Crippen LogP contribution in [0.5, 0.6) is 0 Å². The SMILES string of the molecule is CCNC(=NCc1nnc2n1CCC2)NCC(CCO)CC(C)C. The fourth-order valence-electron chi connectivity index (χ4n) is 3.21. The van der Waals surface area contributed by atoms with E-state index in [0.29, 0.717) is 18.4 Å². The molecule has 2 rings (SSSR count). The van der Waals surface area contributed by atoms with Crippen LogP contribution in [0.2, 0.25) is 0 Å². The molecule has 0 amide bonds. The number of aliphatic hydroxyl groups is 1. The van der Waals surface area contributed by atoms with E-state index in [4.69, 9.17) is 0 Å². The molecule has 2 heterocycles. The zero-order chi connectivity index (χ0) is 17.4. The van der Waals surface area contributed by atoms with E-state index in [2.05, 4.69) is 51.2 Å². The number of nitrogens with one attached hydrogen (secondary N) is 2. The first kappa shape index (κ1) is 18.7. The lowest BCUT2D eigenvalue weighted by atomic mass is 9.94. The summed E-state index contributed by atoms with van der Waals surface area (Å²) in [5.41, 5.74) is 0. The Balaban J connectivity index is 1.92. The third-order valence-electron chi connectivity index (χ3n) is 4.31. The number of aliphatic hydroxyl groups excluding tert-OH is 1. The van der Waals surface area contributed by atoms with Gasteiger partial charge in [0.25, 0.3) is 0 Å². The second kappa shape index (κ2) is 9.61. The van der Waals surface area contributed by atoms with Crippen LogP contribution in [-0.4, -0.2) is 45.5 Å². The Morgan fingerprint density at radius 2 is 2.17 bits per heavy atom. The molecule has 0 radical (unpaired) electrons. The van der Waals surface area contributed by atoms with Gasteiger partial charge in [0.1, 0.15) is 12.4 Å². The Kier molecular flexibility index (Phi) is 7.49. The van der Waals surface area contributed by atoms with Gasteiger partial charge in [-0.3, -0.25) is 0 Å². The molecule has 3 N–H and O–H groups in total. The number of hydrogen-bond donors (Lipinski definition) is 3. The van der Waals surface area contributed by atoms with Crippen molar-refractivity contribution in [2.24, 2.45) is 16.8 Å². The lowest BCUT2D eigenvalue weighted by Gasteiger charge is -2.20. The minimum Gasteiger partial charge on any atom is -0.396 e. The molecule has 0 fully saturated rings. The van der Waals surface area contributed by atoms with Crippen LogP contribution in [0.25, 0.3) is 0 Å². The van der Waals surface area contributed by atoms with Crippen LogP contribution in [-0.2, 0) is 19.5 Å². The first-order chi connectivity index (χ1) is 11.6. The molecule has 0 spiro atoms. The zero-order valence-electron chi connectivity index (χ0n) is 15.3. The van der Waals surface area contributed by atoms with E-state index >= 15 is 0 Å². The molecular weight excluding hydrogens is 304 g/mol. The molecule has 136 valence electrons. The Bertz CT molecular complexity index is 525. The largest absolute Gasteiger partial charge is 0.396 e. The predicted molar refractivity (Wildman–Crippen MR) is 95.8 cm³/mol. The summed E-state index contributed by atoms with van der Waals surface area (Å²) in [6, 6.07) is 0. The molecule has 1 aliphatic heterocycles. The van der Waals surface area contributed by atoms with Gasteiger partial charge in [0.2, 0.25) is 0 Å². The number of aliphatic imine (C=N–C) groups is 1. The molecule has 0 aliphatic carbocycles. The summed E-state index contributed by atoms with van der Waals surface area (Å²) in [5, 5.41) is 24.4. The number of fused-ring (bicyclic) bond motifs is 1. The topological polar surface area (TPSA) is 87.4 Å². The van der Waals surface area contributed by atoms with Crippen molar-refractivity contribution in [1.29, 1.82) is 0 Å². The highest BCUT2D eigenvalue weighted by Crippen LogP contribution is 2.15. The maximum Gasteiger partial charge on any atom is 0.191 e. The lowest BCUT2D eigenvalue weighted by Crippen LogP contribution is -2.40. The lowest BCUT2D eigenvalue weighted by molar-refractivity contribution is 0.243. The Morgan fingerprint density at radius 3 is 2.88 bits per heavy atom. The van der Waals surface area contributed by atoms with Crippen molar-refractivity contribution in [1.82, 2.24) is 25.4 Å². The minimum atomic E-state index is 0.235. The molecule has 1 aromatic rings. The third-order valence-corrected chi connectivity index (χ3v) is 4.31. The standard InChI is InChI=1S/C17H32N6O/c1-4-18-17(19-11-14(7-9-24)10-13(2)3)20-12-16-22-21-15-6-5-8-23(15)16/h13-14,24H,4-12H2,1-3H3,(H2,18,19,20). The van der Waals surface area contributed by atoms with Crippen LogP contribution in [0.1, 0.15) is 51.7 Å². The summed E-state index contributed by atoms with van der Waals surface area (Å²) in [4.78, 5) is 4.65. The van der Waals surface area contributed by atoms with Crippen molar-refractivity contribution >= 4 is 5.96 Å². The van der Waals surface area contributed by atoms with Crippen molar-refractivity contribution in [2.75, 3.05) is 19.7 Å². The second-order valence-corrected chi connectivity index (χ2v) is 6.87. The highest BCUT2D eigenvalue weighted by Gasteiger charge is 2.17. The Morgan fingerprint density at radius 1 is 1.33 bits per heavy atom. The van der Waals surface area contributed by atoms with E-state index in [1.54, 1.807) is 0 Å². The van der Waals surface area contributed by atoms with Crippen molar-refractivity contribution in [2.45, 2.75) is 59.5 Å². The maximum absolute atomic E-state index is 9.24. The van der Waals surface area contributed by atoms with Gasteiger partial charge in [-0.15, -0.1) is 10.2 Å². The Labute approximate surface area is 145 Å². The van der Waals surface area contributed by atoms with E-state index in [9.17, 15) is 5.11 Å². The number of guanidine groups is 1. The molecule has 7 heteroatoms. The third kappa shape index (κ3) is 5.47. The van der Waals surface area contributed by atoms with Crippen LogP contribution in [0.4, 0.5) is 0 Å². The fraction of sp³-hybridized carbons (Fsp3) is 0.824. The molecule has 1 unspecified atom stereocenters. The molecule has 0 saturated heterocycles. The number of aromatic nitrogens is 3. The fourth-order valence-corrected chi connectivity index (χ4v) is 3.21. The average molecular weight is 336 g/mol. The molecular formula is C17H32N6O. The molecule has 7 nitrogen and oxygen atoms in total. The molecule has 0 bridgehead atoms. The first-order valence-corrected chi connectivity index (χ1v) is 9.18. The van der Waals surface area contributed by atoms with Crippen LogP contribution < -0.4 is 10.6 Å². The molecule has 1 aliphatic rings. The van der Waals surface area contributed by atoms with Crippen LogP contribution in [0.3, 0.4) is 0 Å². The summed E-state index contributed by atoms with van der Waals surface area (Å²) in [7, 11) is 0. The summed E-state index contributed by atoms with van der Waals surface area (Å²) in [6.07, 6.45) is 4.10. The van der Waals surface area contributed by atoms with E-state index in [1.165, 1.54) is 0 Å². The van der Waals surface area contributed by atoms with Gasteiger partial charge in [0.05, 0.1) is 0 Å². The smallest absolute Gasteiger partial charge is 0.191 e. The monoisotopic (exact) mass is 336 g/mol. The van der Waals surface area contributed by atoms with Gasteiger partial charge in [-0.05, 0) is 38.0 Å². The van der Waals surface area contributed by atoms with Crippen molar-refractivity contribution in [3.8, 4) is 0 Å². The highest BCUT2D eigenvalue weighted by molar-refractivity contribution is 5.79. The van der Waals surface area contributed by atoms with Crippen LogP contribution >= 0.6 is 0 Å². The number of hydrogen-bond acceptors (Lipinski definition) is 4. The average Bonchev–Trinajstić information content (AvgIpc) is 3.13. The number of nitrogens with zero attached hydrogens (tertiary/aromatic N) is 4. The number of aryl methyl sites for hydroxylation is 1. The summed E-state index contributed by atoms with van der Waals surface area (Å²) in [5.74, 6) is 3.91. The van der Waals surface area contributed by atoms with E-state index in [-0.39, 0.29) is 6.61 Å². The van der Waals surface area contributed by atoms with Gasteiger partial charge in [0.15, 0.2) is 11.8 Å². The van der Waals surface area contributed by atoms with Gasteiger partial charge in [-0.1, -0.05) is 13.8 Å². The summed E-state index contributed by atoms with van der Waals surface area (Å²) in [6.45, 7) is 9.91. The van der Waals surface area contributed by atoms with Gasteiger partial charge in [-0.2, -0.15) is 0 Å². The predicted octanol–water partition coefficient (Wildman–Crippen LogP) is 1.32.